The SMILES string of the molecule is CCCN(C)C(=O)Nc1cnn(-c2ccccc2)c1. The van der Waals surface area contributed by atoms with Crippen molar-refractivity contribution in [3.8, 4) is 5.69 Å². The molecule has 0 bridgehead atoms. The van der Waals surface area contributed by atoms with Crippen LogP contribution < -0.4 is 5.32 Å². The van der Waals surface area contributed by atoms with Gasteiger partial charge in [0.1, 0.15) is 0 Å². The van der Waals surface area contributed by atoms with Crippen LogP contribution in [0.1, 0.15) is 13.3 Å². The van der Waals surface area contributed by atoms with Crippen molar-refractivity contribution in [2.45, 2.75) is 13.3 Å². The molecule has 2 rings (SSSR count). The molecule has 100 valence electrons. The van der Waals surface area contributed by atoms with Gasteiger partial charge in [-0.3, -0.25) is 0 Å². The number of carbonyl (C=O) groups is 1. The molecule has 2 amide bonds. The van der Waals surface area contributed by atoms with E-state index in [1.807, 2.05) is 37.3 Å². The number of hydrogen-bond donors (Lipinski definition) is 1. The largest absolute Gasteiger partial charge is 0.328 e. The number of amides is 2. The second-order valence-electron chi connectivity index (χ2n) is 4.36. The number of rotatable bonds is 4. The number of nitrogens with one attached hydrogen (secondary N) is 1. The zero-order chi connectivity index (χ0) is 13.7. The van der Waals surface area contributed by atoms with Gasteiger partial charge in [0.2, 0.25) is 0 Å². The van der Waals surface area contributed by atoms with E-state index < -0.39 is 0 Å². The molecular weight excluding hydrogens is 240 g/mol. The third-order valence-electron chi connectivity index (χ3n) is 2.76. The van der Waals surface area contributed by atoms with Crippen molar-refractivity contribution in [1.82, 2.24) is 14.7 Å². The highest BCUT2D eigenvalue weighted by Gasteiger charge is 2.09. The molecule has 0 aliphatic heterocycles. The number of anilines is 1. The lowest BCUT2D eigenvalue weighted by Crippen LogP contribution is -2.31. The normalized spacial score (nSPS) is 10.2. The van der Waals surface area contributed by atoms with Gasteiger partial charge in [-0.05, 0) is 18.6 Å². The molecule has 0 unspecified atom stereocenters. The van der Waals surface area contributed by atoms with Gasteiger partial charge in [0.25, 0.3) is 0 Å². The van der Waals surface area contributed by atoms with Gasteiger partial charge < -0.3 is 10.2 Å². The summed E-state index contributed by atoms with van der Waals surface area (Å²) in [6.07, 6.45) is 4.38. The molecule has 0 radical (unpaired) electrons. The molecule has 5 heteroatoms. The molecule has 0 atom stereocenters. The molecule has 1 heterocycles. The van der Waals surface area contributed by atoms with Gasteiger partial charge in [-0.15, -0.1) is 0 Å². The van der Waals surface area contributed by atoms with Crippen LogP contribution in [0.4, 0.5) is 10.5 Å². The minimum Gasteiger partial charge on any atom is -0.328 e. The Hall–Kier alpha value is -2.30. The Morgan fingerprint density at radius 1 is 1.37 bits per heavy atom. The van der Waals surface area contributed by atoms with E-state index in [-0.39, 0.29) is 6.03 Å². The van der Waals surface area contributed by atoms with Gasteiger partial charge in [0.05, 0.1) is 23.8 Å². The average Bonchev–Trinajstić information content (AvgIpc) is 2.88. The molecule has 0 saturated carbocycles. The molecule has 0 fully saturated rings. The highest BCUT2D eigenvalue weighted by Crippen LogP contribution is 2.11. The van der Waals surface area contributed by atoms with Gasteiger partial charge in [-0.25, -0.2) is 9.48 Å². The van der Waals surface area contributed by atoms with E-state index in [0.29, 0.717) is 5.69 Å². The van der Waals surface area contributed by atoms with Crippen molar-refractivity contribution in [3.05, 3.63) is 42.7 Å². The minimum absolute atomic E-state index is 0.116. The summed E-state index contributed by atoms with van der Waals surface area (Å²) in [5.41, 5.74) is 1.65. The lowest BCUT2D eigenvalue weighted by atomic mass is 10.3. The molecule has 0 aliphatic rings. The van der Waals surface area contributed by atoms with E-state index in [2.05, 4.69) is 10.4 Å². The summed E-state index contributed by atoms with van der Waals surface area (Å²) in [5, 5.41) is 7.05. The van der Waals surface area contributed by atoms with E-state index in [4.69, 9.17) is 0 Å². The Morgan fingerprint density at radius 3 is 2.79 bits per heavy atom. The number of urea groups is 1. The maximum atomic E-state index is 11.8. The highest BCUT2D eigenvalue weighted by atomic mass is 16.2. The monoisotopic (exact) mass is 258 g/mol. The molecular formula is C14H18N4O. The Morgan fingerprint density at radius 2 is 2.11 bits per heavy atom. The Balaban J connectivity index is 2.04. The van der Waals surface area contributed by atoms with Crippen LogP contribution in [0.5, 0.6) is 0 Å². The number of benzene rings is 1. The van der Waals surface area contributed by atoms with Gasteiger partial charge in [-0.2, -0.15) is 5.10 Å². The summed E-state index contributed by atoms with van der Waals surface area (Å²) < 4.78 is 1.73. The Kier molecular flexibility index (Phi) is 4.18. The van der Waals surface area contributed by atoms with E-state index in [1.54, 1.807) is 29.0 Å². The van der Waals surface area contributed by atoms with Crippen molar-refractivity contribution in [2.24, 2.45) is 0 Å². The van der Waals surface area contributed by atoms with E-state index in [0.717, 1.165) is 18.7 Å². The first kappa shape index (κ1) is 13.1. The van der Waals surface area contributed by atoms with Crippen LogP contribution in [0.3, 0.4) is 0 Å². The fourth-order valence-electron chi connectivity index (χ4n) is 1.77. The molecule has 1 aromatic carbocycles. The summed E-state index contributed by atoms with van der Waals surface area (Å²) in [6.45, 7) is 2.77. The Bertz CT molecular complexity index is 535. The van der Waals surface area contributed by atoms with Crippen molar-refractivity contribution < 1.29 is 4.79 Å². The first-order valence-electron chi connectivity index (χ1n) is 6.33. The van der Waals surface area contributed by atoms with E-state index in [9.17, 15) is 4.79 Å². The third kappa shape index (κ3) is 3.34. The minimum atomic E-state index is -0.116. The summed E-state index contributed by atoms with van der Waals surface area (Å²) in [5.74, 6) is 0. The molecule has 0 saturated heterocycles. The maximum Gasteiger partial charge on any atom is 0.321 e. The zero-order valence-corrected chi connectivity index (χ0v) is 11.2. The quantitative estimate of drug-likeness (QED) is 0.916. The highest BCUT2D eigenvalue weighted by molar-refractivity contribution is 5.88. The zero-order valence-electron chi connectivity index (χ0n) is 11.2. The Labute approximate surface area is 112 Å². The standard InChI is InChI=1S/C14H18N4O/c1-3-9-17(2)14(19)16-12-10-15-18(11-12)13-7-5-4-6-8-13/h4-8,10-11H,3,9H2,1-2H3,(H,16,19). The predicted molar refractivity (Wildman–Crippen MR) is 75.5 cm³/mol. The van der Waals surface area contributed by atoms with Crippen LogP contribution in [0.2, 0.25) is 0 Å². The van der Waals surface area contributed by atoms with Crippen LogP contribution >= 0.6 is 0 Å². The van der Waals surface area contributed by atoms with Crippen molar-refractivity contribution in [2.75, 3.05) is 18.9 Å². The topological polar surface area (TPSA) is 50.2 Å². The second kappa shape index (κ2) is 6.04. The maximum absolute atomic E-state index is 11.8. The van der Waals surface area contributed by atoms with Crippen LogP contribution in [0.25, 0.3) is 5.69 Å². The predicted octanol–water partition coefficient (Wildman–Crippen LogP) is 2.75. The molecule has 0 spiro atoms. The lowest BCUT2D eigenvalue weighted by molar-refractivity contribution is 0.222. The number of nitrogens with zero attached hydrogens (tertiary/aromatic N) is 3. The number of carbonyl (C=O) groups excluding carboxylic acids is 1. The molecule has 2 aromatic rings. The molecule has 1 N–H and O–H groups in total. The summed E-state index contributed by atoms with van der Waals surface area (Å²) in [6, 6.07) is 9.66. The summed E-state index contributed by atoms with van der Waals surface area (Å²) in [7, 11) is 1.78. The number of aromatic nitrogens is 2. The van der Waals surface area contributed by atoms with Gasteiger partial charge in [0.15, 0.2) is 0 Å². The smallest absolute Gasteiger partial charge is 0.321 e. The third-order valence-corrected chi connectivity index (χ3v) is 2.76. The van der Waals surface area contributed by atoms with E-state index >= 15 is 0 Å². The molecule has 1 aromatic heterocycles. The fourth-order valence-corrected chi connectivity index (χ4v) is 1.77. The van der Waals surface area contributed by atoms with Crippen molar-refractivity contribution >= 4 is 11.7 Å². The first-order chi connectivity index (χ1) is 9.20. The average molecular weight is 258 g/mol. The van der Waals surface area contributed by atoms with Gasteiger partial charge in [0, 0.05) is 13.6 Å². The van der Waals surface area contributed by atoms with Crippen LogP contribution in [-0.4, -0.2) is 34.3 Å². The first-order valence-corrected chi connectivity index (χ1v) is 6.33. The number of para-hydroxylation sites is 1. The van der Waals surface area contributed by atoms with E-state index in [1.165, 1.54) is 0 Å². The second-order valence-corrected chi connectivity index (χ2v) is 4.36. The van der Waals surface area contributed by atoms with Gasteiger partial charge in [-0.1, -0.05) is 25.1 Å². The molecule has 0 aliphatic carbocycles. The molecule has 5 nitrogen and oxygen atoms in total. The van der Waals surface area contributed by atoms with Crippen molar-refractivity contribution in [3.63, 3.8) is 0 Å². The van der Waals surface area contributed by atoms with Crippen LogP contribution in [0, 0.1) is 0 Å². The summed E-state index contributed by atoms with van der Waals surface area (Å²) in [4.78, 5) is 13.5. The summed E-state index contributed by atoms with van der Waals surface area (Å²) >= 11 is 0. The number of hydrogen-bond acceptors (Lipinski definition) is 2. The van der Waals surface area contributed by atoms with Crippen molar-refractivity contribution in [1.29, 1.82) is 0 Å². The van der Waals surface area contributed by atoms with Crippen LogP contribution in [0.15, 0.2) is 42.7 Å². The fraction of sp³-hybridized carbons (Fsp3) is 0.286. The molecule has 19 heavy (non-hydrogen) atoms. The van der Waals surface area contributed by atoms with Crippen LogP contribution in [-0.2, 0) is 0 Å². The van der Waals surface area contributed by atoms with Gasteiger partial charge >= 0.3 is 6.03 Å². The lowest BCUT2D eigenvalue weighted by Gasteiger charge is -2.15.